The number of nitrogens with zero attached hydrogens (tertiary/aromatic N) is 2. The topological polar surface area (TPSA) is 115 Å². The molecular formula is C23H21BrN4O5. The van der Waals surface area contributed by atoms with Crippen LogP contribution in [0.3, 0.4) is 0 Å². The number of hydrogen-bond donors (Lipinski definition) is 2. The number of nitrogens with one attached hydrogen (secondary N) is 2. The monoisotopic (exact) mass is 512 g/mol. The maximum atomic E-state index is 12.1. The number of amides is 1. The first kappa shape index (κ1) is 23.7. The molecule has 170 valence electrons. The Morgan fingerprint density at radius 2 is 1.85 bits per heavy atom. The second-order valence-corrected chi connectivity index (χ2v) is 7.60. The Bertz CT molecular complexity index is 1140. The third-order valence-electron chi connectivity index (χ3n) is 4.45. The molecule has 10 heteroatoms. The van der Waals surface area contributed by atoms with Crippen molar-refractivity contribution < 1.29 is 19.2 Å². The molecule has 0 aromatic heterocycles. The highest BCUT2D eigenvalue weighted by Gasteiger charge is 2.12. The first-order valence-corrected chi connectivity index (χ1v) is 10.6. The van der Waals surface area contributed by atoms with E-state index in [0.717, 1.165) is 5.56 Å². The van der Waals surface area contributed by atoms with Crippen LogP contribution in [0.25, 0.3) is 0 Å². The van der Waals surface area contributed by atoms with Crippen LogP contribution < -0.4 is 20.2 Å². The lowest BCUT2D eigenvalue weighted by Crippen LogP contribution is -2.28. The third kappa shape index (κ3) is 7.04. The van der Waals surface area contributed by atoms with Gasteiger partial charge in [-0.3, -0.25) is 20.3 Å². The van der Waals surface area contributed by atoms with Crippen LogP contribution in [0.2, 0.25) is 0 Å². The zero-order chi connectivity index (χ0) is 23.6. The quantitative estimate of drug-likeness (QED) is 0.234. The second-order valence-electron chi connectivity index (χ2n) is 6.75. The average Bonchev–Trinajstić information content (AvgIpc) is 2.83. The number of nitro benzene ring substituents is 1. The molecule has 0 bridgehead atoms. The molecule has 33 heavy (non-hydrogen) atoms. The number of hydrogen-bond acceptors (Lipinski definition) is 7. The summed E-state index contributed by atoms with van der Waals surface area (Å²) in [5.74, 6) is 0.584. The number of non-ortho nitro benzene ring substituents is 1. The number of ether oxygens (including phenoxy) is 2. The van der Waals surface area contributed by atoms with Gasteiger partial charge in [-0.25, -0.2) is 0 Å². The van der Waals surface area contributed by atoms with E-state index in [1.165, 1.54) is 19.2 Å². The standard InChI is InChI=1S/C23H21BrN4O5/c1-32-21-11-17(14-26-27-18-7-9-19(10-8-18)28(30)31)20(24)12-22(21)33-15-23(29)25-13-16-5-3-2-4-6-16/h2-12,14,27H,13,15H2,1H3,(H,25,29)/b26-14-. The second kappa shape index (κ2) is 11.6. The number of rotatable bonds is 10. The van der Waals surface area contributed by atoms with Crippen LogP contribution in [-0.2, 0) is 11.3 Å². The van der Waals surface area contributed by atoms with Gasteiger partial charge in [0.15, 0.2) is 18.1 Å². The maximum Gasteiger partial charge on any atom is 0.269 e. The Balaban J connectivity index is 1.58. The van der Waals surface area contributed by atoms with Crippen molar-refractivity contribution in [2.75, 3.05) is 19.1 Å². The number of hydrazone groups is 1. The first-order chi connectivity index (χ1) is 16.0. The number of nitro groups is 1. The molecule has 0 spiro atoms. The minimum absolute atomic E-state index is 0.00125. The molecule has 0 aliphatic heterocycles. The van der Waals surface area contributed by atoms with Gasteiger partial charge in [-0.15, -0.1) is 0 Å². The summed E-state index contributed by atoms with van der Waals surface area (Å²) in [6.45, 7) is 0.256. The van der Waals surface area contributed by atoms with Gasteiger partial charge in [-0.1, -0.05) is 30.3 Å². The maximum absolute atomic E-state index is 12.1. The minimum Gasteiger partial charge on any atom is -0.493 e. The van der Waals surface area contributed by atoms with Crippen molar-refractivity contribution in [2.45, 2.75) is 6.54 Å². The van der Waals surface area contributed by atoms with Crippen LogP contribution in [-0.4, -0.2) is 30.8 Å². The van der Waals surface area contributed by atoms with Crippen LogP contribution in [0, 0.1) is 10.1 Å². The predicted molar refractivity (Wildman–Crippen MR) is 129 cm³/mol. The van der Waals surface area contributed by atoms with Crippen molar-refractivity contribution in [1.82, 2.24) is 5.32 Å². The number of halogens is 1. The summed E-state index contributed by atoms with van der Waals surface area (Å²) in [5.41, 5.74) is 5.10. The molecule has 0 saturated heterocycles. The summed E-state index contributed by atoms with van der Waals surface area (Å²) in [6, 6.07) is 18.9. The molecule has 2 N–H and O–H groups in total. The summed E-state index contributed by atoms with van der Waals surface area (Å²) in [5, 5.41) is 17.7. The Kier molecular flexibility index (Phi) is 8.36. The molecule has 0 aliphatic carbocycles. The van der Waals surface area contributed by atoms with Gasteiger partial charge in [0.2, 0.25) is 0 Å². The summed E-state index contributed by atoms with van der Waals surface area (Å²) in [6.07, 6.45) is 1.56. The molecule has 0 unspecified atom stereocenters. The lowest BCUT2D eigenvalue weighted by molar-refractivity contribution is -0.384. The molecule has 0 radical (unpaired) electrons. The minimum atomic E-state index is -0.465. The fourth-order valence-electron chi connectivity index (χ4n) is 2.75. The molecular weight excluding hydrogens is 492 g/mol. The van der Waals surface area contributed by atoms with Gasteiger partial charge in [0.1, 0.15) is 0 Å². The van der Waals surface area contributed by atoms with Gasteiger partial charge in [-0.2, -0.15) is 5.10 Å². The van der Waals surface area contributed by atoms with Gasteiger partial charge in [0.25, 0.3) is 11.6 Å². The lowest BCUT2D eigenvalue weighted by Gasteiger charge is -2.13. The summed E-state index contributed by atoms with van der Waals surface area (Å²) >= 11 is 3.46. The van der Waals surface area contributed by atoms with E-state index >= 15 is 0 Å². The van der Waals surface area contributed by atoms with E-state index < -0.39 is 4.92 Å². The number of methoxy groups -OCH3 is 1. The van der Waals surface area contributed by atoms with Crippen molar-refractivity contribution in [2.24, 2.45) is 5.10 Å². The smallest absolute Gasteiger partial charge is 0.269 e. The highest BCUT2D eigenvalue weighted by atomic mass is 79.9. The average molecular weight is 513 g/mol. The lowest BCUT2D eigenvalue weighted by atomic mass is 10.2. The van der Waals surface area contributed by atoms with Gasteiger partial charge in [-0.05, 0) is 45.8 Å². The molecule has 3 rings (SSSR count). The normalized spacial score (nSPS) is 10.6. The van der Waals surface area contributed by atoms with Crippen LogP contribution >= 0.6 is 15.9 Å². The Morgan fingerprint density at radius 1 is 1.12 bits per heavy atom. The summed E-state index contributed by atoms with van der Waals surface area (Å²) in [7, 11) is 1.50. The fourth-order valence-corrected chi connectivity index (χ4v) is 3.17. The summed E-state index contributed by atoms with van der Waals surface area (Å²) < 4.78 is 11.7. The third-order valence-corrected chi connectivity index (χ3v) is 5.14. The fraction of sp³-hybridized carbons (Fsp3) is 0.130. The van der Waals surface area contributed by atoms with E-state index in [4.69, 9.17) is 9.47 Å². The van der Waals surface area contributed by atoms with Crippen LogP contribution in [0.5, 0.6) is 11.5 Å². The van der Waals surface area contributed by atoms with Crippen molar-refractivity contribution in [1.29, 1.82) is 0 Å². The van der Waals surface area contributed by atoms with Gasteiger partial charge in [0.05, 0.1) is 23.9 Å². The zero-order valence-electron chi connectivity index (χ0n) is 17.7. The first-order valence-electron chi connectivity index (χ1n) is 9.80. The van der Waals surface area contributed by atoms with Gasteiger partial charge < -0.3 is 14.8 Å². The summed E-state index contributed by atoms with van der Waals surface area (Å²) in [4.78, 5) is 22.4. The Labute approximate surface area is 198 Å². The number of carbonyl (C=O) groups is 1. The molecule has 9 nitrogen and oxygen atoms in total. The van der Waals surface area contributed by atoms with Crippen molar-refractivity contribution >= 4 is 39.4 Å². The number of anilines is 1. The van der Waals surface area contributed by atoms with Crippen LogP contribution in [0.4, 0.5) is 11.4 Å². The van der Waals surface area contributed by atoms with E-state index in [9.17, 15) is 14.9 Å². The number of benzene rings is 3. The van der Waals surface area contributed by atoms with E-state index in [1.54, 1.807) is 30.5 Å². The number of carbonyl (C=O) groups excluding carboxylic acids is 1. The highest BCUT2D eigenvalue weighted by Crippen LogP contribution is 2.33. The van der Waals surface area contributed by atoms with E-state index in [1.807, 2.05) is 30.3 Å². The SMILES string of the molecule is COc1cc(/C=N\Nc2ccc([N+](=O)[O-])cc2)c(Br)cc1OCC(=O)NCc1ccccc1. The van der Waals surface area contributed by atoms with Crippen LogP contribution in [0.1, 0.15) is 11.1 Å². The molecule has 3 aromatic carbocycles. The molecule has 0 atom stereocenters. The molecule has 0 saturated carbocycles. The van der Waals surface area contributed by atoms with E-state index in [0.29, 0.717) is 33.8 Å². The van der Waals surface area contributed by atoms with Crippen molar-refractivity contribution in [3.8, 4) is 11.5 Å². The highest BCUT2D eigenvalue weighted by molar-refractivity contribution is 9.10. The molecule has 1 amide bonds. The van der Waals surface area contributed by atoms with Gasteiger partial charge in [0, 0.05) is 28.7 Å². The van der Waals surface area contributed by atoms with Crippen LogP contribution in [0.15, 0.2) is 76.3 Å². The van der Waals surface area contributed by atoms with Crippen molar-refractivity contribution in [3.05, 3.63) is 92.4 Å². The largest absolute Gasteiger partial charge is 0.493 e. The van der Waals surface area contributed by atoms with Gasteiger partial charge >= 0.3 is 0 Å². The van der Waals surface area contributed by atoms with E-state index in [2.05, 4.69) is 31.8 Å². The molecule has 0 fully saturated rings. The molecule has 3 aromatic rings. The Hall–Kier alpha value is -3.92. The van der Waals surface area contributed by atoms with E-state index in [-0.39, 0.29) is 18.2 Å². The zero-order valence-corrected chi connectivity index (χ0v) is 19.2. The Morgan fingerprint density at radius 3 is 2.52 bits per heavy atom. The molecule has 0 aliphatic rings. The predicted octanol–water partition coefficient (Wildman–Crippen LogP) is 4.51. The molecule has 0 heterocycles. The van der Waals surface area contributed by atoms with Crippen molar-refractivity contribution in [3.63, 3.8) is 0 Å².